The van der Waals surface area contributed by atoms with Gasteiger partial charge >= 0.3 is 6.18 Å². The Morgan fingerprint density at radius 3 is 2.69 bits per heavy atom. The van der Waals surface area contributed by atoms with Crippen molar-refractivity contribution in [2.24, 2.45) is 0 Å². The molecule has 39 heavy (non-hydrogen) atoms. The number of rotatable bonds is 7. The number of hydrogen-bond acceptors (Lipinski definition) is 6. The summed E-state index contributed by atoms with van der Waals surface area (Å²) in [6.45, 7) is -0.673. The monoisotopic (exact) mass is 601 g/mol. The van der Waals surface area contributed by atoms with E-state index < -0.39 is 44.3 Å². The van der Waals surface area contributed by atoms with Crippen molar-refractivity contribution in [1.29, 1.82) is 0 Å². The molecule has 8 nitrogen and oxygen atoms in total. The Labute approximate surface area is 232 Å². The molecule has 0 saturated heterocycles. The van der Waals surface area contributed by atoms with Crippen LogP contribution < -0.4 is 4.31 Å². The molecule has 1 aliphatic heterocycles. The highest BCUT2D eigenvalue weighted by atomic mass is 35.5. The Kier molecular flexibility index (Phi) is 8.40. The lowest BCUT2D eigenvalue weighted by atomic mass is 10.0. The van der Waals surface area contributed by atoms with Gasteiger partial charge in [0.1, 0.15) is 18.8 Å². The van der Waals surface area contributed by atoms with E-state index in [1.807, 2.05) is 18.2 Å². The van der Waals surface area contributed by atoms with Crippen LogP contribution in [0, 0.1) is 0 Å². The number of carbonyl (C=O) groups is 1. The lowest BCUT2D eigenvalue weighted by Gasteiger charge is -2.27. The molecule has 206 valence electrons. The van der Waals surface area contributed by atoms with Crippen LogP contribution in [0.3, 0.4) is 0 Å². The zero-order valence-electron chi connectivity index (χ0n) is 20.2. The minimum absolute atomic E-state index is 0.0298. The summed E-state index contributed by atoms with van der Waals surface area (Å²) in [6.07, 6.45) is 7.43. The maximum atomic E-state index is 13.6. The number of anilines is 1. The summed E-state index contributed by atoms with van der Waals surface area (Å²) in [5.41, 5.74) is -1.17. The summed E-state index contributed by atoms with van der Waals surface area (Å²) in [6, 6.07) is 3.31. The lowest BCUT2D eigenvalue weighted by molar-refractivity contribution is -0.137. The van der Waals surface area contributed by atoms with Crippen molar-refractivity contribution < 1.29 is 35.9 Å². The summed E-state index contributed by atoms with van der Waals surface area (Å²) in [7, 11) is -3.56. The molecule has 0 fully saturated rings. The number of alkyl halides is 3. The van der Waals surface area contributed by atoms with Gasteiger partial charge in [-0.2, -0.15) is 13.2 Å². The maximum absolute atomic E-state index is 13.6. The number of nitrogens with zero attached hydrogens (tertiary/aromatic N) is 3. The van der Waals surface area contributed by atoms with Crippen molar-refractivity contribution >= 4 is 44.8 Å². The number of ether oxygens (including phenoxy) is 2. The molecule has 0 unspecified atom stereocenters. The smallest absolute Gasteiger partial charge is 0.417 e. The predicted molar refractivity (Wildman–Crippen MR) is 138 cm³/mol. The molecule has 14 heteroatoms. The molecule has 1 aromatic carbocycles. The minimum Gasteiger partial charge on any atom is -0.462 e. The average Bonchev–Trinajstić information content (AvgIpc) is 2.91. The number of aromatic nitrogens is 1. The molecular formula is C25H20Cl2F3N3O5S. The zero-order valence-corrected chi connectivity index (χ0v) is 22.5. The van der Waals surface area contributed by atoms with Crippen LogP contribution in [0.2, 0.25) is 10.0 Å². The first kappa shape index (κ1) is 28.7. The zero-order chi connectivity index (χ0) is 28.4. The predicted octanol–water partition coefficient (Wildman–Crippen LogP) is 6.27. The third kappa shape index (κ3) is 6.14. The lowest BCUT2D eigenvalue weighted by Crippen LogP contribution is -2.36. The topological polar surface area (TPSA) is 89.0 Å². The van der Waals surface area contributed by atoms with E-state index in [-0.39, 0.29) is 16.4 Å². The number of halogens is 5. The van der Waals surface area contributed by atoms with Gasteiger partial charge in [-0.05, 0) is 42.7 Å². The van der Waals surface area contributed by atoms with Gasteiger partial charge in [0, 0.05) is 19.5 Å². The van der Waals surface area contributed by atoms with E-state index in [0.29, 0.717) is 22.6 Å². The molecule has 0 bridgehead atoms. The minimum atomic E-state index is -4.91. The van der Waals surface area contributed by atoms with Crippen LogP contribution in [0.15, 0.2) is 83.6 Å². The van der Waals surface area contributed by atoms with Crippen molar-refractivity contribution in [3.05, 3.63) is 100.0 Å². The average molecular weight is 602 g/mol. The standard InChI is InChI=1S/C25H20Cl2F3N3O5S/c1-37-15-33(39(35,36)18-7-8-20(27)19(12-18)25(28,29)30)21-11-17(26)13-31-23(21)24(34)32-9-10-38-22(14-32)16-5-3-2-4-6-16/h2-3,5,7-14H,4,6,15H2,1H3. The van der Waals surface area contributed by atoms with Crippen molar-refractivity contribution in [2.45, 2.75) is 23.9 Å². The Morgan fingerprint density at radius 1 is 1.26 bits per heavy atom. The summed E-state index contributed by atoms with van der Waals surface area (Å²) in [5.74, 6) is -0.345. The maximum Gasteiger partial charge on any atom is 0.417 e. The molecule has 0 saturated carbocycles. The van der Waals surface area contributed by atoms with Crippen molar-refractivity contribution in [2.75, 3.05) is 18.1 Å². The summed E-state index contributed by atoms with van der Waals surface area (Å²) < 4.78 is 78.8. The fourth-order valence-corrected chi connectivity index (χ4v) is 5.54. The Balaban J connectivity index is 1.79. The van der Waals surface area contributed by atoms with E-state index in [1.54, 1.807) is 0 Å². The molecule has 2 heterocycles. The van der Waals surface area contributed by atoms with Crippen molar-refractivity contribution in [1.82, 2.24) is 9.88 Å². The van der Waals surface area contributed by atoms with E-state index >= 15 is 0 Å². The van der Waals surface area contributed by atoms with Gasteiger partial charge < -0.3 is 9.47 Å². The number of benzene rings is 1. The van der Waals surface area contributed by atoms with Crippen molar-refractivity contribution in [3.63, 3.8) is 0 Å². The Bertz CT molecular complexity index is 1520. The van der Waals surface area contributed by atoms with Gasteiger partial charge in [0.2, 0.25) is 0 Å². The largest absolute Gasteiger partial charge is 0.462 e. The first-order valence-electron chi connectivity index (χ1n) is 11.2. The molecule has 1 amide bonds. The van der Waals surface area contributed by atoms with Gasteiger partial charge in [-0.3, -0.25) is 9.69 Å². The van der Waals surface area contributed by atoms with Crippen LogP contribution in [-0.2, 0) is 25.7 Å². The molecule has 0 atom stereocenters. The number of carbonyl (C=O) groups excluding carboxylic acids is 1. The van der Waals surface area contributed by atoms with Crippen LogP contribution in [-0.4, -0.2) is 38.0 Å². The molecule has 1 aromatic heterocycles. The SMILES string of the molecule is COCN(c1cc(Cl)cnc1C(=O)N1C=COC(C2=CC=CCC2)=C1)S(=O)(=O)c1ccc(Cl)c(C(F)(F)F)c1. The van der Waals surface area contributed by atoms with Gasteiger partial charge in [0.05, 0.1) is 32.4 Å². The van der Waals surface area contributed by atoms with Crippen LogP contribution in [0.4, 0.5) is 18.9 Å². The van der Waals surface area contributed by atoms with E-state index in [0.717, 1.165) is 41.3 Å². The first-order chi connectivity index (χ1) is 18.4. The normalized spacial score (nSPS) is 15.5. The molecule has 2 aliphatic rings. The number of amides is 1. The third-order valence-electron chi connectivity index (χ3n) is 5.62. The number of hydrogen-bond donors (Lipinski definition) is 0. The number of allylic oxidation sites excluding steroid dienone is 4. The molecule has 2 aromatic rings. The third-order valence-corrected chi connectivity index (χ3v) is 7.89. The molecule has 0 N–H and O–H groups in total. The molecular weight excluding hydrogens is 582 g/mol. The van der Waals surface area contributed by atoms with E-state index in [4.69, 9.17) is 32.7 Å². The summed E-state index contributed by atoms with van der Waals surface area (Å²) >= 11 is 11.8. The van der Waals surface area contributed by atoms with Gasteiger partial charge in [0.15, 0.2) is 5.69 Å². The Morgan fingerprint density at radius 2 is 2.03 bits per heavy atom. The van der Waals surface area contributed by atoms with Crippen LogP contribution in [0.25, 0.3) is 0 Å². The molecule has 0 radical (unpaired) electrons. The highest BCUT2D eigenvalue weighted by molar-refractivity contribution is 7.92. The molecule has 0 spiro atoms. The van der Waals surface area contributed by atoms with Gasteiger partial charge in [-0.1, -0.05) is 41.4 Å². The van der Waals surface area contributed by atoms with Gasteiger partial charge in [-0.25, -0.2) is 17.7 Å². The van der Waals surface area contributed by atoms with E-state index in [9.17, 15) is 26.4 Å². The van der Waals surface area contributed by atoms with Crippen LogP contribution >= 0.6 is 23.2 Å². The molecule has 1 aliphatic carbocycles. The summed E-state index contributed by atoms with van der Waals surface area (Å²) in [5, 5.41) is -0.705. The number of sulfonamides is 1. The second kappa shape index (κ2) is 11.4. The van der Waals surface area contributed by atoms with Crippen LogP contribution in [0.1, 0.15) is 28.9 Å². The second-order valence-corrected chi connectivity index (χ2v) is 10.9. The van der Waals surface area contributed by atoms with Gasteiger partial charge in [0.25, 0.3) is 15.9 Å². The van der Waals surface area contributed by atoms with Gasteiger partial charge in [-0.15, -0.1) is 0 Å². The molecule has 4 rings (SSSR count). The van der Waals surface area contributed by atoms with E-state index in [1.165, 1.54) is 25.8 Å². The second-order valence-electron chi connectivity index (χ2n) is 8.20. The number of pyridine rings is 1. The fourth-order valence-electron chi connectivity index (χ4n) is 3.76. The van der Waals surface area contributed by atoms with Crippen LogP contribution in [0.5, 0.6) is 0 Å². The summed E-state index contributed by atoms with van der Waals surface area (Å²) in [4.78, 5) is 18.0. The fraction of sp³-hybridized carbons (Fsp3) is 0.200. The van der Waals surface area contributed by atoms with Crippen molar-refractivity contribution in [3.8, 4) is 0 Å². The first-order valence-corrected chi connectivity index (χ1v) is 13.4. The highest BCUT2D eigenvalue weighted by Crippen LogP contribution is 2.38. The van der Waals surface area contributed by atoms with E-state index in [2.05, 4.69) is 4.98 Å². The number of methoxy groups -OCH3 is 1. The Hall–Kier alpha value is -3.32. The quantitative estimate of drug-likeness (QED) is 0.348. The highest BCUT2D eigenvalue weighted by Gasteiger charge is 2.37.